The number of hydrogen-bond donors (Lipinski definition) is 0. The first-order valence-electron chi connectivity index (χ1n) is 13.2. The van der Waals surface area contributed by atoms with Gasteiger partial charge in [0.15, 0.2) is 0 Å². The monoisotopic (exact) mass is 565 g/mol. The largest absolute Gasteiger partial charge is 0.416 e. The lowest BCUT2D eigenvalue weighted by atomic mass is 9.94. The van der Waals surface area contributed by atoms with Crippen molar-refractivity contribution >= 4 is 28.2 Å². The summed E-state index contributed by atoms with van der Waals surface area (Å²) < 4.78 is 42.7. The van der Waals surface area contributed by atoms with Crippen LogP contribution >= 0.6 is 11.6 Å². The SMILES string of the molecule is CC(C)C(c1cc2cc(Cl)ccc2c(=O)n1Cc1ccccc1)N1CC(C)(C)N=C1c1cccc(C(F)(F)F)c1. The molecule has 4 nitrogen and oxygen atoms in total. The normalized spacial score (nSPS) is 16.0. The van der Waals surface area contributed by atoms with Crippen molar-refractivity contribution in [2.24, 2.45) is 10.9 Å². The topological polar surface area (TPSA) is 37.6 Å². The number of aromatic nitrogens is 1. The van der Waals surface area contributed by atoms with E-state index in [1.807, 2.05) is 50.2 Å². The van der Waals surface area contributed by atoms with Gasteiger partial charge >= 0.3 is 6.18 Å². The van der Waals surface area contributed by atoms with E-state index in [0.29, 0.717) is 34.9 Å². The number of alkyl halides is 3. The Bertz CT molecular complexity index is 1640. The highest BCUT2D eigenvalue weighted by atomic mass is 35.5. The lowest BCUT2D eigenvalue weighted by Crippen LogP contribution is -2.41. The van der Waals surface area contributed by atoms with Crippen molar-refractivity contribution < 1.29 is 13.2 Å². The summed E-state index contributed by atoms with van der Waals surface area (Å²) in [5.41, 5.74) is 0.717. The van der Waals surface area contributed by atoms with Gasteiger partial charge in [0, 0.05) is 28.2 Å². The lowest BCUT2D eigenvalue weighted by molar-refractivity contribution is -0.137. The fraction of sp³-hybridized carbons (Fsp3) is 0.312. The Labute approximate surface area is 236 Å². The number of amidine groups is 1. The summed E-state index contributed by atoms with van der Waals surface area (Å²) in [6.07, 6.45) is -4.47. The summed E-state index contributed by atoms with van der Waals surface area (Å²) in [5.74, 6) is 0.475. The van der Waals surface area contributed by atoms with Crippen molar-refractivity contribution in [1.29, 1.82) is 0 Å². The molecule has 1 atom stereocenters. The number of fused-ring (bicyclic) bond motifs is 1. The molecule has 5 rings (SSSR count). The van der Waals surface area contributed by atoms with E-state index >= 15 is 0 Å². The van der Waals surface area contributed by atoms with Gasteiger partial charge in [-0.2, -0.15) is 13.2 Å². The van der Waals surface area contributed by atoms with Gasteiger partial charge in [0.25, 0.3) is 5.56 Å². The zero-order valence-electron chi connectivity index (χ0n) is 22.8. The Morgan fingerprint density at radius 1 is 0.975 bits per heavy atom. The minimum atomic E-state index is -4.47. The quantitative estimate of drug-likeness (QED) is 0.238. The molecule has 0 bridgehead atoms. The van der Waals surface area contributed by atoms with Crippen LogP contribution in [0.1, 0.15) is 56.1 Å². The molecular formula is C32H31ClF3N3O. The summed E-state index contributed by atoms with van der Waals surface area (Å²) in [5, 5.41) is 1.80. The molecule has 208 valence electrons. The first-order chi connectivity index (χ1) is 18.8. The minimum Gasteiger partial charge on any atom is -0.345 e. The van der Waals surface area contributed by atoms with Gasteiger partial charge in [-0.1, -0.05) is 67.9 Å². The fourth-order valence-corrected chi connectivity index (χ4v) is 5.74. The maximum atomic E-state index is 14.0. The molecule has 8 heteroatoms. The van der Waals surface area contributed by atoms with Gasteiger partial charge in [0.2, 0.25) is 0 Å². The van der Waals surface area contributed by atoms with Crippen LogP contribution in [-0.2, 0) is 12.7 Å². The Balaban J connectivity index is 1.72. The average molecular weight is 566 g/mol. The summed E-state index contributed by atoms with van der Waals surface area (Å²) in [4.78, 5) is 21.0. The highest BCUT2D eigenvalue weighted by Gasteiger charge is 2.40. The van der Waals surface area contributed by atoms with Gasteiger partial charge in [0.1, 0.15) is 5.84 Å². The van der Waals surface area contributed by atoms with Crippen molar-refractivity contribution in [1.82, 2.24) is 9.47 Å². The van der Waals surface area contributed by atoms with Crippen molar-refractivity contribution in [3.05, 3.63) is 117 Å². The smallest absolute Gasteiger partial charge is 0.345 e. The molecule has 0 spiro atoms. The fourth-order valence-electron chi connectivity index (χ4n) is 5.56. The molecule has 4 aromatic rings. The predicted octanol–water partition coefficient (Wildman–Crippen LogP) is 7.96. The van der Waals surface area contributed by atoms with E-state index in [2.05, 4.69) is 18.7 Å². The molecule has 0 N–H and O–H groups in total. The van der Waals surface area contributed by atoms with Crippen molar-refractivity contribution in [2.45, 2.75) is 52.0 Å². The van der Waals surface area contributed by atoms with Crippen LogP contribution < -0.4 is 5.56 Å². The Kier molecular flexibility index (Phi) is 7.29. The van der Waals surface area contributed by atoms with Gasteiger partial charge in [-0.3, -0.25) is 9.79 Å². The van der Waals surface area contributed by atoms with Gasteiger partial charge < -0.3 is 9.47 Å². The lowest BCUT2D eigenvalue weighted by Gasteiger charge is -2.36. The van der Waals surface area contributed by atoms with E-state index in [-0.39, 0.29) is 17.5 Å². The molecular weight excluding hydrogens is 535 g/mol. The summed E-state index contributed by atoms with van der Waals surface area (Å²) in [7, 11) is 0. The first-order valence-corrected chi connectivity index (χ1v) is 13.6. The molecule has 3 aromatic carbocycles. The number of benzene rings is 3. The van der Waals surface area contributed by atoms with Crippen LogP contribution in [0.2, 0.25) is 5.02 Å². The van der Waals surface area contributed by atoms with E-state index in [1.54, 1.807) is 28.8 Å². The number of pyridine rings is 1. The number of hydrogen-bond acceptors (Lipinski definition) is 3. The molecule has 40 heavy (non-hydrogen) atoms. The van der Waals surface area contributed by atoms with Crippen LogP contribution in [0, 0.1) is 5.92 Å². The van der Waals surface area contributed by atoms with Gasteiger partial charge in [-0.05, 0) is 67.1 Å². The van der Waals surface area contributed by atoms with E-state index in [4.69, 9.17) is 16.6 Å². The Hall–Kier alpha value is -3.58. The summed E-state index contributed by atoms with van der Waals surface area (Å²) >= 11 is 6.32. The maximum absolute atomic E-state index is 14.0. The molecule has 0 saturated heterocycles. The van der Waals surface area contributed by atoms with Crippen LogP contribution in [0.15, 0.2) is 88.6 Å². The van der Waals surface area contributed by atoms with Gasteiger partial charge in [-0.15, -0.1) is 0 Å². The van der Waals surface area contributed by atoms with Crippen molar-refractivity contribution in [2.75, 3.05) is 6.54 Å². The zero-order chi connectivity index (χ0) is 28.8. The Morgan fingerprint density at radius 3 is 2.38 bits per heavy atom. The zero-order valence-corrected chi connectivity index (χ0v) is 23.6. The number of aliphatic imine (C=N–C) groups is 1. The predicted molar refractivity (Wildman–Crippen MR) is 155 cm³/mol. The molecule has 2 heterocycles. The third-order valence-corrected chi connectivity index (χ3v) is 7.48. The molecule has 0 aliphatic carbocycles. The van der Waals surface area contributed by atoms with E-state index < -0.39 is 17.3 Å². The second-order valence-corrected chi connectivity index (χ2v) is 11.8. The average Bonchev–Trinajstić information content (AvgIpc) is 3.21. The van der Waals surface area contributed by atoms with Crippen molar-refractivity contribution in [3.8, 4) is 0 Å². The van der Waals surface area contributed by atoms with Crippen LogP contribution in [0.3, 0.4) is 0 Å². The van der Waals surface area contributed by atoms with Gasteiger partial charge in [-0.25, -0.2) is 0 Å². The number of rotatable bonds is 6. The third-order valence-electron chi connectivity index (χ3n) is 7.24. The van der Waals surface area contributed by atoms with Crippen LogP contribution in [0.5, 0.6) is 0 Å². The van der Waals surface area contributed by atoms with Crippen molar-refractivity contribution in [3.63, 3.8) is 0 Å². The Morgan fingerprint density at radius 2 is 1.70 bits per heavy atom. The van der Waals surface area contributed by atoms with E-state index in [1.165, 1.54) is 6.07 Å². The maximum Gasteiger partial charge on any atom is 0.416 e. The third kappa shape index (κ3) is 5.52. The highest BCUT2D eigenvalue weighted by Crippen LogP contribution is 2.38. The molecule has 1 aliphatic heterocycles. The molecule has 1 unspecified atom stereocenters. The minimum absolute atomic E-state index is 0.0112. The van der Waals surface area contributed by atoms with Crippen LogP contribution in [-0.4, -0.2) is 27.4 Å². The summed E-state index contributed by atoms with van der Waals surface area (Å²) in [6, 6.07) is 21.9. The molecule has 1 aliphatic rings. The molecule has 0 radical (unpaired) electrons. The van der Waals surface area contributed by atoms with E-state index in [9.17, 15) is 18.0 Å². The summed E-state index contributed by atoms with van der Waals surface area (Å²) in [6.45, 7) is 8.88. The molecule has 0 amide bonds. The number of nitrogens with zero attached hydrogens (tertiary/aromatic N) is 3. The highest BCUT2D eigenvalue weighted by molar-refractivity contribution is 6.31. The van der Waals surface area contributed by atoms with Gasteiger partial charge in [0.05, 0.1) is 23.7 Å². The van der Waals surface area contributed by atoms with Crippen LogP contribution in [0.4, 0.5) is 13.2 Å². The molecule has 0 fully saturated rings. The van der Waals surface area contributed by atoms with E-state index in [0.717, 1.165) is 28.8 Å². The second kappa shape index (κ2) is 10.4. The second-order valence-electron chi connectivity index (χ2n) is 11.3. The first kappa shape index (κ1) is 28.0. The number of halogens is 4. The van der Waals surface area contributed by atoms with Crippen LogP contribution in [0.25, 0.3) is 10.8 Å². The molecule has 0 saturated carbocycles. The molecule has 1 aromatic heterocycles. The standard InChI is InChI=1S/C32H31ClF3N3O/c1-20(2)28(39-19-31(3,4)37-29(39)22-11-8-12-24(15-22)32(34,35)36)27-17-23-16-25(33)13-14-26(23)30(40)38(27)18-21-9-6-5-7-10-21/h5-17,20,28H,18-19H2,1-4H3.